The van der Waals surface area contributed by atoms with Crippen molar-refractivity contribution in [2.75, 3.05) is 0 Å². The zero-order chi connectivity index (χ0) is 8.20. The minimum Gasteiger partial charge on any atom is -0.400 e. The van der Waals surface area contributed by atoms with Gasteiger partial charge in [0.2, 0.25) is 0 Å². The van der Waals surface area contributed by atoms with Crippen molar-refractivity contribution >= 4 is 0 Å². The monoisotopic (exact) mass is 140 g/mol. The van der Waals surface area contributed by atoms with Gasteiger partial charge in [-0.05, 0) is 0 Å². The van der Waals surface area contributed by atoms with Crippen LogP contribution in [-0.4, -0.2) is 0 Å². The fourth-order valence-corrected chi connectivity index (χ4v) is 0.323. The van der Waals surface area contributed by atoms with E-state index < -0.39 is 0 Å². The van der Waals surface area contributed by atoms with Crippen LogP contribution in [0, 0.1) is 12.0 Å². The lowest BCUT2D eigenvalue weighted by atomic mass is 9.93. The number of hydrogen-bond donors (Lipinski definition) is 2. The van der Waals surface area contributed by atoms with E-state index in [1.807, 2.05) is 20.8 Å². The van der Waals surface area contributed by atoms with Gasteiger partial charge in [-0.15, -0.1) is 0 Å². The minimum atomic E-state index is -0.0301. The van der Waals surface area contributed by atoms with E-state index in [0.717, 1.165) is 5.70 Å². The summed E-state index contributed by atoms with van der Waals surface area (Å²) in [6, 6.07) is 0. The third-order valence-electron chi connectivity index (χ3n) is 1.16. The summed E-state index contributed by atoms with van der Waals surface area (Å²) in [5.74, 6) is 0. The second-order valence-corrected chi connectivity index (χ2v) is 3.11. The summed E-state index contributed by atoms with van der Waals surface area (Å²) in [5.41, 5.74) is 8.78. The number of nitrogens with two attached hydrogens (primary N) is 1. The molecule has 0 fully saturated rings. The maximum atomic E-state index is 5.62. The molecule has 3 N–H and O–H groups in total. The van der Waals surface area contributed by atoms with E-state index in [1.165, 1.54) is 0 Å². The largest absolute Gasteiger partial charge is 0.400 e. The highest BCUT2D eigenvalue weighted by Gasteiger charge is 2.13. The van der Waals surface area contributed by atoms with E-state index in [4.69, 9.17) is 12.3 Å². The van der Waals surface area contributed by atoms with Gasteiger partial charge in [0.1, 0.15) is 0 Å². The van der Waals surface area contributed by atoms with Crippen molar-refractivity contribution in [2.45, 2.75) is 20.8 Å². The van der Waals surface area contributed by atoms with Gasteiger partial charge in [0, 0.05) is 11.1 Å². The van der Waals surface area contributed by atoms with E-state index in [0.29, 0.717) is 0 Å². The molecule has 0 aromatic rings. The van der Waals surface area contributed by atoms with E-state index in [-0.39, 0.29) is 5.41 Å². The number of rotatable bonds is 1. The van der Waals surface area contributed by atoms with Gasteiger partial charge in [0.25, 0.3) is 0 Å². The lowest BCUT2D eigenvalue weighted by molar-refractivity contribution is 0.494. The molecule has 10 heavy (non-hydrogen) atoms. The molecule has 0 aliphatic carbocycles. The van der Waals surface area contributed by atoms with Crippen molar-refractivity contribution in [2.24, 2.45) is 11.1 Å². The van der Waals surface area contributed by atoms with Crippen LogP contribution < -0.4 is 11.2 Å². The van der Waals surface area contributed by atoms with E-state index in [1.54, 1.807) is 6.20 Å². The van der Waals surface area contributed by atoms with Gasteiger partial charge >= 0.3 is 6.57 Å². The van der Waals surface area contributed by atoms with Gasteiger partial charge in [-0.3, -0.25) is 0 Å². The topological polar surface area (TPSA) is 42.4 Å². The van der Waals surface area contributed by atoms with Gasteiger partial charge in [0.15, 0.2) is 0 Å². The maximum absolute atomic E-state index is 5.62. The molecular formula is C7H14N3+. The summed E-state index contributed by atoms with van der Waals surface area (Å²) in [5, 5.41) is 0. The summed E-state index contributed by atoms with van der Waals surface area (Å²) in [4.78, 5) is 3.18. The lowest BCUT2D eigenvalue weighted by Crippen LogP contribution is -2.18. The molecule has 56 valence electrons. The van der Waals surface area contributed by atoms with Crippen LogP contribution in [0.1, 0.15) is 20.8 Å². The summed E-state index contributed by atoms with van der Waals surface area (Å²) < 4.78 is 0. The Labute approximate surface area is 61.7 Å². The Kier molecular flexibility index (Phi) is 2.75. The Morgan fingerprint density at radius 2 is 2.10 bits per heavy atom. The second-order valence-electron chi connectivity index (χ2n) is 3.11. The lowest BCUT2D eigenvalue weighted by Gasteiger charge is -2.17. The van der Waals surface area contributed by atoms with Gasteiger partial charge in [0.05, 0.1) is 11.2 Å². The zero-order valence-electron chi connectivity index (χ0n) is 6.68. The molecule has 0 spiro atoms. The van der Waals surface area contributed by atoms with Crippen LogP contribution in [0.4, 0.5) is 0 Å². The van der Waals surface area contributed by atoms with Crippen molar-refractivity contribution in [3.8, 4) is 6.57 Å². The molecule has 0 bridgehead atoms. The highest BCUT2D eigenvalue weighted by molar-refractivity contribution is 5.05. The fraction of sp³-hybridized carbons (Fsp3) is 0.571. The van der Waals surface area contributed by atoms with Gasteiger partial charge in [-0.2, -0.15) is 0 Å². The minimum absolute atomic E-state index is 0.0301. The highest BCUT2D eigenvalue weighted by atomic mass is 15.2. The Hall–Kier alpha value is -1.17. The van der Waals surface area contributed by atoms with E-state index in [2.05, 4.69) is 10.4 Å². The summed E-state index contributed by atoms with van der Waals surface area (Å²) in [6.45, 7) is 10.9. The van der Waals surface area contributed by atoms with Crippen LogP contribution in [0.15, 0.2) is 11.9 Å². The molecule has 0 rings (SSSR count). The van der Waals surface area contributed by atoms with Crippen molar-refractivity contribution in [1.82, 2.24) is 5.43 Å². The Bertz CT molecular complexity index is 168. The molecule has 0 atom stereocenters. The quantitative estimate of drug-likeness (QED) is 0.539. The third kappa shape index (κ3) is 2.98. The fourth-order valence-electron chi connectivity index (χ4n) is 0.323. The molecule has 0 aliphatic rings. The molecule has 0 saturated heterocycles. The highest BCUT2D eigenvalue weighted by Crippen LogP contribution is 2.19. The first kappa shape index (κ1) is 8.83. The molecule has 0 radical (unpaired) electrons. The SMILES string of the molecule is C#[N+]N/C=C(\N)C(C)(C)C. The van der Waals surface area contributed by atoms with Crippen LogP contribution in [0.5, 0.6) is 0 Å². The standard InChI is InChI=1S/C7H14N3/c1-7(2,3)6(8)5-10-9-4/h4-5,10H,8H2,1-3H3/q+1/b6-5-. The predicted octanol–water partition coefficient (Wildman–Crippen LogP) is 1.30. The molecule has 0 heterocycles. The van der Waals surface area contributed by atoms with Gasteiger partial charge in [-0.1, -0.05) is 26.2 Å². The smallest absolute Gasteiger partial charge is 0.305 e. The summed E-state index contributed by atoms with van der Waals surface area (Å²) in [7, 11) is 0. The Morgan fingerprint density at radius 3 is 2.40 bits per heavy atom. The number of nitrogens with one attached hydrogen (secondary N) is 1. The first-order valence-electron chi connectivity index (χ1n) is 3.10. The molecule has 0 aliphatic heterocycles. The normalized spacial score (nSPS) is 12.4. The van der Waals surface area contributed by atoms with Crippen LogP contribution in [-0.2, 0) is 0 Å². The van der Waals surface area contributed by atoms with E-state index in [9.17, 15) is 0 Å². The number of nitrogens with zero attached hydrogens (tertiary/aromatic N) is 1. The van der Waals surface area contributed by atoms with Crippen LogP contribution in [0.3, 0.4) is 0 Å². The molecule has 3 heteroatoms. The van der Waals surface area contributed by atoms with E-state index >= 15 is 0 Å². The predicted molar refractivity (Wildman–Crippen MR) is 43.2 cm³/mol. The second kappa shape index (κ2) is 3.11. The summed E-state index contributed by atoms with van der Waals surface area (Å²) in [6.07, 6.45) is 1.58. The number of allylic oxidation sites excluding steroid dienone is 1. The van der Waals surface area contributed by atoms with Crippen molar-refractivity contribution in [3.63, 3.8) is 0 Å². The first-order chi connectivity index (χ1) is 4.48. The van der Waals surface area contributed by atoms with Crippen molar-refractivity contribution in [1.29, 1.82) is 0 Å². The zero-order valence-corrected chi connectivity index (χ0v) is 6.68. The first-order valence-corrected chi connectivity index (χ1v) is 3.10. The maximum Gasteiger partial charge on any atom is 0.305 e. The molecule has 0 aromatic carbocycles. The average Bonchev–Trinajstić information content (AvgIpc) is 1.80. The van der Waals surface area contributed by atoms with Crippen LogP contribution in [0.2, 0.25) is 0 Å². The van der Waals surface area contributed by atoms with Crippen molar-refractivity contribution < 1.29 is 0 Å². The van der Waals surface area contributed by atoms with Gasteiger partial charge < -0.3 is 5.73 Å². The molecule has 3 nitrogen and oxygen atoms in total. The third-order valence-corrected chi connectivity index (χ3v) is 1.16. The molecule has 0 unspecified atom stereocenters. The van der Waals surface area contributed by atoms with Crippen LogP contribution >= 0.6 is 0 Å². The molecule has 0 aromatic heterocycles. The van der Waals surface area contributed by atoms with Gasteiger partial charge in [-0.25, -0.2) is 0 Å². The summed E-state index contributed by atoms with van der Waals surface area (Å²) >= 11 is 0. The van der Waals surface area contributed by atoms with Crippen molar-refractivity contribution in [3.05, 3.63) is 16.9 Å². The average molecular weight is 140 g/mol. The molecule has 0 saturated carbocycles. The Morgan fingerprint density at radius 1 is 1.60 bits per heavy atom. The molecular weight excluding hydrogens is 126 g/mol. The van der Waals surface area contributed by atoms with Crippen LogP contribution in [0.25, 0.3) is 4.95 Å². The molecule has 0 amide bonds. The number of hydrogen-bond acceptors (Lipinski definition) is 2. The Balaban J connectivity index is 4.09.